The van der Waals surface area contributed by atoms with E-state index in [1.807, 2.05) is 24.3 Å². The molecule has 13 heavy (non-hydrogen) atoms. The average Bonchev–Trinajstić information content (AvgIpc) is 2.30. The molecule has 0 saturated carbocycles. The summed E-state index contributed by atoms with van der Waals surface area (Å²) in [6.45, 7) is 8.00. The van der Waals surface area contributed by atoms with Gasteiger partial charge in [0, 0.05) is 11.1 Å². The van der Waals surface area contributed by atoms with Gasteiger partial charge in [-0.3, -0.25) is 5.21 Å². The Labute approximate surface area is 78.1 Å². The van der Waals surface area contributed by atoms with Gasteiger partial charge < -0.3 is 0 Å². The van der Waals surface area contributed by atoms with Crippen molar-refractivity contribution in [3.63, 3.8) is 0 Å². The Morgan fingerprint density at radius 3 is 2.54 bits per heavy atom. The molecule has 1 aromatic carbocycles. The highest BCUT2D eigenvalue weighted by Gasteiger charge is 2.38. The minimum Gasteiger partial charge on any atom is -0.284 e. The summed E-state index contributed by atoms with van der Waals surface area (Å²) in [7, 11) is 0. The van der Waals surface area contributed by atoms with Gasteiger partial charge in [-0.1, -0.05) is 38.6 Å². The first kappa shape index (κ1) is 8.32. The van der Waals surface area contributed by atoms with Crippen molar-refractivity contribution < 1.29 is 5.21 Å². The van der Waals surface area contributed by atoms with E-state index in [-0.39, 0.29) is 5.41 Å². The van der Waals surface area contributed by atoms with Crippen LogP contribution < -0.4 is 5.06 Å². The molecule has 0 bridgehead atoms. The topological polar surface area (TPSA) is 23.5 Å². The number of fused-ring (bicyclic) bond motifs is 1. The van der Waals surface area contributed by atoms with E-state index >= 15 is 0 Å². The summed E-state index contributed by atoms with van der Waals surface area (Å²) in [4.78, 5) is 0. The molecule has 2 rings (SSSR count). The first-order chi connectivity index (χ1) is 6.05. The Hall–Kier alpha value is -1.28. The lowest BCUT2D eigenvalue weighted by Crippen LogP contribution is -2.21. The van der Waals surface area contributed by atoms with Crippen LogP contribution in [0.4, 0.5) is 5.69 Å². The minimum atomic E-state index is -0.161. The lowest BCUT2D eigenvalue weighted by Gasteiger charge is -2.20. The average molecular weight is 175 g/mol. The number of rotatable bonds is 0. The third kappa shape index (κ3) is 0.923. The van der Waals surface area contributed by atoms with Crippen molar-refractivity contribution in [3.8, 4) is 0 Å². The number of para-hydroxylation sites is 1. The van der Waals surface area contributed by atoms with Gasteiger partial charge in [0.2, 0.25) is 0 Å². The van der Waals surface area contributed by atoms with Crippen molar-refractivity contribution in [1.82, 2.24) is 0 Å². The molecule has 0 atom stereocenters. The van der Waals surface area contributed by atoms with E-state index in [1.165, 1.54) is 5.06 Å². The molecule has 0 amide bonds. The summed E-state index contributed by atoms with van der Waals surface area (Å²) >= 11 is 0. The van der Waals surface area contributed by atoms with E-state index in [0.29, 0.717) is 0 Å². The molecule has 1 aliphatic rings. The van der Waals surface area contributed by atoms with Gasteiger partial charge in [0.1, 0.15) is 0 Å². The van der Waals surface area contributed by atoms with Crippen LogP contribution in [-0.4, -0.2) is 5.21 Å². The molecular formula is C11H13NO. The smallest absolute Gasteiger partial charge is 0.0730 e. The summed E-state index contributed by atoms with van der Waals surface area (Å²) in [5.74, 6) is 0. The Morgan fingerprint density at radius 1 is 1.31 bits per heavy atom. The number of hydroxylamine groups is 1. The molecule has 0 radical (unpaired) electrons. The zero-order valence-electron chi connectivity index (χ0n) is 7.91. The van der Waals surface area contributed by atoms with Gasteiger partial charge in [-0.2, -0.15) is 0 Å². The molecule has 1 aromatic rings. The Bertz CT molecular complexity index is 368. The number of benzene rings is 1. The highest BCUT2D eigenvalue weighted by Crippen LogP contribution is 2.45. The summed E-state index contributed by atoms with van der Waals surface area (Å²) in [6, 6.07) is 7.82. The zero-order chi connectivity index (χ0) is 9.64. The Balaban J connectivity index is 2.68. The van der Waals surface area contributed by atoms with Crippen LogP contribution in [0.25, 0.3) is 0 Å². The molecule has 2 heteroatoms. The maximum Gasteiger partial charge on any atom is 0.0730 e. The summed E-state index contributed by atoms with van der Waals surface area (Å²) in [6.07, 6.45) is 0. The molecule has 0 aliphatic carbocycles. The second kappa shape index (κ2) is 2.36. The van der Waals surface area contributed by atoms with E-state index in [9.17, 15) is 5.21 Å². The molecule has 1 aliphatic heterocycles. The molecule has 2 nitrogen and oxygen atoms in total. The predicted molar refractivity (Wildman–Crippen MR) is 52.9 cm³/mol. The van der Waals surface area contributed by atoms with Gasteiger partial charge in [0.15, 0.2) is 0 Å². The van der Waals surface area contributed by atoms with Crippen molar-refractivity contribution in [1.29, 1.82) is 0 Å². The summed E-state index contributed by atoms with van der Waals surface area (Å²) < 4.78 is 0. The number of anilines is 1. The number of hydrogen-bond acceptors (Lipinski definition) is 2. The van der Waals surface area contributed by atoms with Crippen LogP contribution in [0.2, 0.25) is 0 Å². The standard InChI is InChI=1S/C11H13NO/c1-8-11(2,3)9-6-4-5-7-10(9)12(8)13/h4-7,13H,1H2,2-3H3. The highest BCUT2D eigenvalue weighted by molar-refractivity contribution is 5.67. The normalized spacial score (nSPS) is 19.0. The number of allylic oxidation sites excluding steroid dienone is 1. The van der Waals surface area contributed by atoms with Crippen molar-refractivity contribution in [2.75, 3.05) is 5.06 Å². The van der Waals surface area contributed by atoms with Crippen LogP contribution in [0, 0.1) is 0 Å². The first-order valence-electron chi connectivity index (χ1n) is 4.33. The lowest BCUT2D eigenvalue weighted by atomic mass is 9.85. The Morgan fingerprint density at radius 2 is 1.92 bits per heavy atom. The molecule has 0 fully saturated rings. The molecule has 0 spiro atoms. The quantitative estimate of drug-likeness (QED) is 0.655. The summed E-state index contributed by atoms with van der Waals surface area (Å²) in [5, 5.41) is 10.9. The molecule has 68 valence electrons. The molecule has 0 aromatic heterocycles. The van der Waals surface area contributed by atoms with Crippen molar-refractivity contribution in [2.45, 2.75) is 19.3 Å². The van der Waals surface area contributed by atoms with Crippen LogP contribution in [0.1, 0.15) is 19.4 Å². The lowest BCUT2D eigenvalue weighted by molar-refractivity contribution is 0.279. The fourth-order valence-corrected chi connectivity index (χ4v) is 1.75. The maximum atomic E-state index is 9.72. The van der Waals surface area contributed by atoms with E-state index in [1.54, 1.807) is 0 Å². The second-order valence-corrected chi connectivity index (χ2v) is 3.90. The van der Waals surface area contributed by atoms with Gasteiger partial charge in [-0.25, -0.2) is 5.06 Å². The molecule has 0 unspecified atom stereocenters. The van der Waals surface area contributed by atoms with Gasteiger partial charge in [-0.15, -0.1) is 0 Å². The first-order valence-corrected chi connectivity index (χ1v) is 4.33. The van der Waals surface area contributed by atoms with Gasteiger partial charge >= 0.3 is 0 Å². The van der Waals surface area contributed by atoms with E-state index < -0.39 is 0 Å². The summed E-state index contributed by atoms with van der Waals surface area (Å²) in [5.41, 5.74) is 2.54. The predicted octanol–water partition coefficient (Wildman–Crippen LogP) is 2.69. The van der Waals surface area contributed by atoms with Crippen LogP contribution in [0.15, 0.2) is 36.5 Å². The van der Waals surface area contributed by atoms with E-state index in [4.69, 9.17) is 0 Å². The fraction of sp³-hybridized carbons (Fsp3) is 0.273. The van der Waals surface area contributed by atoms with Crippen molar-refractivity contribution in [2.24, 2.45) is 0 Å². The zero-order valence-corrected chi connectivity index (χ0v) is 7.91. The molecule has 1 heterocycles. The van der Waals surface area contributed by atoms with Gasteiger partial charge in [0.05, 0.1) is 5.69 Å². The van der Waals surface area contributed by atoms with Gasteiger partial charge in [-0.05, 0) is 11.6 Å². The van der Waals surface area contributed by atoms with Crippen LogP contribution in [0.3, 0.4) is 0 Å². The third-order valence-electron chi connectivity index (χ3n) is 2.78. The third-order valence-corrected chi connectivity index (χ3v) is 2.78. The molecule has 0 saturated heterocycles. The number of hydrogen-bond donors (Lipinski definition) is 1. The molecular weight excluding hydrogens is 162 g/mol. The van der Waals surface area contributed by atoms with Crippen LogP contribution >= 0.6 is 0 Å². The fourth-order valence-electron chi connectivity index (χ4n) is 1.75. The highest BCUT2D eigenvalue weighted by atomic mass is 16.5. The SMILES string of the molecule is C=C1N(O)c2ccccc2C1(C)C. The molecule has 1 N–H and O–H groups in total. The largest absolute Gasteiger partial charge is 0.284 e. The Kier molecular flexibility index (Phi) is 1.51. The number of nitrogens with zero attached hydrogens (tertiary/aromatic N) is 1. The van der Waals surface area contributed by atoms with E-state index in [0.717, 1.165) is 16.9 Å². The van der Waals surface area contributed by atoms with Gasteiger partial charge in [0.25, 0.3) is 0 Å². The van der Waals surface area contributed by atoms with Crippen LogP contribution in [0.5, 0.6) is 0 Å². The van der Waals surface area contributed by atoms with Crippen molar-refractivity contribution in [3.05, 3.63) is 42.1 Å². The van der Waals surface area contributed by atoms with Crippen LogP contribution in [-0.2, 0) is 5.41 Å². The minimum absolute atomic E-state index is 0.161. The maximum absolute atomic E-state index is 9.72. The van der Waals surface area contributed by atoms with E-state index in [2.05, 4.69) is 20.4 Å². The second-order valence-electron chi connectivity index (χ2n) is 3.90. The monoisotopic (exact) mass is 175 g/mol. The van der Waals surface area contributed by atoms with Crippen molar-refractivity contribution >= 4 is 5.69 Å².